The molecule has 0 N–H and O–H groups in total. The second-order valence-corrected chi connectivity index (χ2v) is 6.84. The summed E-state index contributed by atoms with van der Waals surface area (Å²) in [6.07, 6.45) is 4.34. The monoisotopic (exact) mass is 337 g/mol. The van der Waals surface area contributed by atoms with E-state index in [4.69, 9.17) is 0 Å². The zero-order chi connectivity index (χ0) is 17.6. The number of hydrogen-bond donors (Lipinski definition) is 0. The van der Waals surface area contributed by atoms with Crippen LogP contribution < -0.4 is 4.90 Å². The molecule has 2 aromatic heterocycles. The Labute approximate surface area is 147 Å². The Morgan fingerprint density at radius 3 is 2.96 bits per heavy atom. The van der Waals surface area contributed by atoms with Crippen molar-refractivity contribution in [3.05, 3.63) is 41.2 Å². The summed E-state index contributed by atoms with van der Waals surface area (Å²) in [4.78, 5) is 14.8. The Kier molecular flexibility index (Phi) is 3.82. The topological polar surface area (TPSA) is 56.0 Å². The molecule has 3 aromatic rings. The minimum Gasteiger partial charge on any atom is -0.312 e. The molecule has 6 heteroatoms. The molecule has 3 heterocycles. The zero-order valence-electron chi connectivity index (χ0n) is 15.0. The molecule has 0 saturated carbocycles. The van der Waals surface area contributed by atoms with Gasteiger partial charge in [0, 0.05) is 25.7 Å². The Balaban J connectivity index is 1.53. The fourth-order valence-corrected chi connectivity index (χ4v) is 3.80. The highest BCUT2D eigenvalue weighted by Crippen LogP contribution is 2.28. The summed E-state index contributed by atoms with van der Waals surface area (Å²) in [5, 5.41) is 8.86. The van der Waals surface area contributed by atoms with Crippen LogP contribution in [-0.4, -0.2) is 32.0 Å². The summed E-state index contributed by atoms with van der Waals surface area (Å²) in [5.41, 5.74) is 6.57. The fraction of sp³-hybridized carbons (Fsp3) is 0.421. The van der Waals surface area contributed by atoms with E-state index in [1.165, 1.54) is 11.1 Å². The fourth-order valence-electron chi connectivity index (χ4n) is 3.80. The first-order valence-corrected chi connectivity index (χ1v) is 8.79. The van der Waals surface area contributed by atoms with Crippen LogP contribution in [0.5, 0.6) is 0 Å². The number of carbonyl (C=O) groups is 1. The summed E-state index contributed by atoms with van der Waals surface area (Å²) >= 11 is 0. The second-order valence-electron chi connectivity index (χ2n) is 6.84. The molecule has 0 radical (unpaired) electrons. The number of amides is 1. The number of fused-ring (bicyclic) bond motifs is 2. The maximum Gasteiger partial charge on any atom is 0.228 e. The lowest BCUT2D eigenvalue weighted by atomic mass is 9.99. The van der Waals surface area contributed by atoms with Crippen LogP contribution in [0.2, 0.25) is 0 Å². The molecule has 0 unspecified atom stereocenters. The highest BCUT2D eigenvalue weighted by Gasteiger charge is 2.22. The molecular weight excluding hydrogens is 314 g/mol. The molecule has 1 aliphatic heterocycles. The number of benzene rings is 1. The van der Waals surface area contributed by atoms with Gasteiger partial charge in [0.1, 0.15) is 11.0 Å². The summed E-state index contributed by atoms with van der Waals surface area (Å²) in [5.74, 6) is 0.162. The van der Waals surface area contributed by atoms with Crippen LogP contribution in [0.15, 0.2) is 24.4 Å². The number of rotatable bonds is 3. The summed E-state index contributed by atoms with van der Waals surface area (Å²) in [6.45, 7) is 5.45. The van der Waals surface area contributed by atoms with Gasteiger partial charge in [-0.3, -0.25) is 14.2 Å². The number of hydrogen-bond acceptors (Lipinski definition) is 3. The average molecular weight is 337 g/mol. The molecule has 0 fully saturated rings. The van der Waals surface area contributed by atoms with Gasteiger partial charge in [0.2, 0.25) is 5.91 Å². The third-order valence-corrected chi connectivity index (χ3v) is 5.00. The summed E-state index contributed by atoms with van der Waals surface area (Å²) in [6, 6.07) is 6.37. The predicted molar refractivity (Wildman–Crippen MR) is 97.7 cm³/mol. The number of anilines is 1. The van der Waals surface area contributed by atoms with Gasteiger partial charge < -0.3 is 4.90 Å². The third-order valence-electron chi connectivity index (χ3n) is 5.00. The van der Waals surface area contributed by atoms with Crippen molar-refractivity contribution in [3.63, 3.8) is 0 Å². The summed E-state index contributed by atoms with van der Waals surface area (Å²) in [7, 11) is 1.92. The van der Waals surface area contributed by atoms with Crippen LogP contribution in [0.3, 0.4) is 0 Å². The predicted octanol–water partition coefficient (Wildman–Crippen LogP) is 2.76. The van der Waals surface area contributed by atoms with E-state index in [9.17, 15) is 4.79 Å². The number of nitrogens with zero attached hydrogens (tertiary/aromatic N) is 5. The number of carbonyl (C=O) groups excluding carboxylic acids is 1. The first-order chi connectivity index (χ1) is 12.0. The molecule has 1 aliphatic rings. The minimum absolute atomic E-state index is 0.162. The zero-order valence-corrected chi connectivity index (χ0v) is 15.0. The lowest BCUT2D eigenvalue weighted by molar-refractivity contribution is -0.118. The molecule has 1 amide bonds. The van der Waals surface area contributed by atoms with Gasteiger partial charge in [-0.25, -0.2) is 0 Å². The van der Waals surface area contributed by atoms with Crippen molar-refractivity contribution in [2.45, 2.75) is 39.7 Å². The lowest BCUT2D eigenvalue weighted by Gasteiger charge is -2.30. The Hall–Kier alpha value is -2.63. The van der Waals surface area contributed by atoms with E-state index in [0.29, 0.717) is 13.0 Å². The quantitative estimate of drug-likeness (QED) is 0.738. The van der Waals surface area contributed by atoms with E-state index in [-0.39, 0.29) is 5.91 Å². The maximum atomic E-state index is 12.8. The molecule has 6 nitrogen and oxygen atoms in total. The van der Waals surface area contributed by atoms with Crippen molar-refractivity contribution in [1.82, 2.24) is 19.6 Å². The summed E-state index contributed by atoms with van der Waals surface area (Å²) < 4.78 is 3.73. The van der Waals surface area contributed by atoms with Crippen molar-refractivity contribution in [2.24, 2.45) is 7.05 Å². The van der Waals surface area contributed by atoms with Crippen LogP contribution >= 0.6 is 0 Å². The van der Waals surface area contributed by atoms with Gasteiger partial charge in [-0.15, -0.1) is 0 Å². The molecule has 130 valence electrons. The Morgan fingerprint density at radius 2 is 2.12 bits per heavy atom. The highest BCUT2D eigenvalue weighted by molar-refractivity contribution is 5.94. The molecule has 0 saturated heterocycles. The van der Waals surface area contributed by atoms with E-state index in [2.05, 4.69) is 35.3 Å². The van der Waals surface area contributed by atoms with Crippen molar-refractivity contribution >= 4 is 22.6 Å². The van der Waals surface area contributed by atoms with Gasteiger partial charge >= 0.3 is 0 Å². The van der Waals surface area contributed by atoms with E-state index in [1.54, 1.807) is 0 Å². The SMILES string of the molecule is Cc1ccc2c(c1)CCCN2C(=O)CCn1ncc2c1c(C)nn2C. The Morgan fingerprint density at radius 1 is 1.28 bits per heavy atom. The van der Waals surface area contributed by atoms with Gasteiger partial charge in [-0.2, -0.15) is 10.2 Å². The van der Waals surface area contributed by atoms with E-state index in [1.807, 2.05) is 34.4 Å². The first-order valence-electron chi connectivity index (χ1n) is 8.79. The van der Waals surface area contributed by atoms with Crippen LogP contribution in [0.25, 0.3) is 11.0 Å². The van der Waals surface area contributed by atoms with Crippen LogP contribution in [0.1, 0.15) is 29.7 Å². The third kappa shape index (κ3) is 2.71. The number of aryl methyl sites for hydroxylation is 5. The smallest absolute Gasteiger partial charge is 0.228 e. The normalized spacial score (nSPS) is 14.1. The van der Waals surface area contributed by atoms with Crippen molar-refractivity contribution in [3.8, 4) is 0 Å². The van der Waals surface area contributed by atoms with Gasteiger partial charge in [0.25, 0.3) is 0 Å². The maximum absolute atomic E-state index is 12.8. The van der Waals surface area contributed by atoms with E-state index in [0.717, 1.165) is 41.8 Å². The lowest BCUT2D eigenvalue weighted by Crippen LogP contribution is -2.36. The largest absolute Gasteiger partial charge is 0.312 e. The second kappa shape index (κ2) is 6.02. The molecule has 0 atom stereocenters. The molecule has 1 aromatic carbocycles. The van der Waals surface area contributed by atoms with Crippen molar-refractivity contribution in [1.29, 1.82) is 0 Å². The minimum atomic E-state index is 0.162. The van der Waals surface area contributed by atoms with Gasteiger partial charge in [-0.05, 0) is 38.3 Å². The molecular formula is C19H23N5O. The first kappa shape index (κ1) is 15.9. The van der Waals surface area contributed by atoms with Crippen molar-refractivity contribution < 1.29 is 4.79 Å². The van der Waals surface area contributed by atoms with Crippen LogP contribution in [-0.2, 0) is 24.8 Å². The van der Waals surface area contributed by atoms with Gasteiger partial charge in [-0.1, -0.05) is 17.7 Å². The Bertz CT molecular complexity index is 952. The number of aromatic nitrogens is 4. The van der Waals surface area contributed by atoms with E-state index >= 15 is 0 Å². The van der Waals surface area contributed by atoms with E-state index < -0.39 is 0 Å². The van der Waals surface area contributed by atoms with Gasteiger partial charge in [0.15, 0.2) is 0 Å². The highest BCUT2D eigenvalue weighted by atomic mass is 16.2. The molecule has 0 spiro atoms. The molecule has 4 rings (SSSR count). The van der Waals surface area contributed by atoms with Gasteiger partial charge in [0.05, 0.1) is 18.4 Å². The molecule has 0 aliphatic carbocycles. The van der Waals surface area contributed by atoms with Crippen LogP contribution in [0, 0.1) is 13.8 Å². The molecule has 25 heavy (non-hydrogen) atoms. The van der Waals surface area contributed by atoms with Crippen molar-refractivity contribution in [2.75, 3.05) is 11.4 Å². The van der Waals surface area contributed by atoms with Crippen LogP contribution in [0.4, 0.5) is 5.69 Å². The average Bonchev–Trinajstić information content (AvgIpc) is 3.14. The molecule has 0 bridgehead atoms. The standard InChI is InChI=1S/C19H23N5O/c1-13-6-7-16-15(11-13)5-4-9-23(16)18(25)8-10-24-19-14(2)21-22(3)17(19)12-20-24/h6-7,11-12H,4-5,8-10H2,1-3H3.